The van der Waals surface area contributed by atoms with Gasteiger partial charge in [-0.05, 0) is 17.7 Å². The van der Waals surface area contributed by atoms with Crippen LogP contribution < -0.4 is 0 Å². The van der Waals surface area contributed by atoms with Gasteiger partial charge < -0.3 is 10.0 Å². The SMILES string of the molecule is O=C(CSCc1ccc(F)cc1)N1CCN(CCO)CC1. The number of rotatable bonds is 6. The molecule has 0 spiro atoms. The predicted molar refractivity (Wildman–Crippen MR) is 82.7 cm³/mol. The van der Waals surface area contributed by atoms with Crippen molar-refractivity contribution >= 4 is 17.7 Å². The Bertz CT molecular complexity index is 447. The number of aliphatic hydroxyl groups is 1. The Morgan fingerprint density at radius 2 is 1.86 bits per heavy atom. The summed E-state index contributed by atoms with van der Waals surface area (Å²) in [5.41, 5.74) is 1.03. The van der Waals surface area contributed by atoms with Crippen LogP contribution in [0.3, 0.4) is 0 Å². The molecule has 1 fully saturated rings. The fourth-order valence-electron chi connectivity index (χ4n) is 2.29. The molecule has 6 heteroatoms. The zero-order valence-electron chi connectivity index (χ0n) is 12.0. The van der Waals surface area contributed by atoms with E-state index >= 15 is 0 Å². The molecule has 1 saturated heterocycles. The van der Waals surface area contributed by atoms with E-state index in [1.807, 2.05) is 4.90 Å². The summed E-state index contributed by atoms with van der Waals surface area (Å²) in [6, 6.07) is 6.39. The van der Waals surface area contributed by atoms with Crippen molar-refractivity contribution in [2.24, 2.45) is 0 Å². The molecule has 1 heterocycles. The Morgan fingerprint density at radius 3 is 2.48 bits per heavy atom. The van der Waals surface area contributed by atoms with E-state index in [2.05, 4.69) is 4.90 Å². The van der Waals surface area contributed by atoms with E-state index in [0.29, 0.717) is 12.3 Å². The lowest BCUT2D eigenvalue weighted by atomic mass is 10.2. The van der Waals surface area contributed by atoms with Crippen LogP contribution in [0.1, 0.15) is 5.56 Å². The second-order valence-electron chi connectivity index (χ2n) is 5.07. The highest BCUT2D eigenvalue weighted by molar-refractivity contribution is 7.99. The summed E-state index contributed by atoms with van der Waals surface area (Å²) in [4.78, 5) is 16.1. The number of halogens is 1. The van der Waals surface area contributed by atoms with E-state index in [0.717, 1.165) is 37.5 Å². The molecule has 1 aliphatic heterocycles. The van der Waals surface area contributed by atoms with Gasteiger partial charge in [-0.1, -0.05) is 12.1 Å². The van der Waals surface area contributed by atoms with Crippen molar-refractivity contribution < 1.29 is 14.3 Å². The third kappa shape index (κ3) is 5.30. The molecule has 1 aromatic rings. The monoisotopic (exact) mass is 312 g/mol. The Balaban J connectivity index is 1.67. The molecule has 0 atom stereocenters. The second kappa shape index (κ2) is 8.36. The normalized spacial score (nSPS) is 16.2. The number of thioether (sulfide) groups is 1. The van der Waals surface area contributed by atoms with Gasteiger partial charge in [-0.2, -0.15) is 0 Å². The molecule has 1 amide bonds. The fraction of sp³-hybridized carbons (Fsp3) is 0.533. The molecule has 1 aliphatic rings. The summed E-state index contributed by atoms with van der Waals surface area (Å²) < 4.78 is 12.8. The number of nitrogens with zero attached hydrogens (tertiary/aromatic N) is 2. The standard InChI is InChI=1S/C15H21FN2O2S/c16-14-3-1-13(2-4-14)11-21-12-15(20)18-7-5-17(6-8-18)9-10-19/h1-4,19H,5-12H2. The van der Waals surface area contributed by atoms with E-state index in [1.165, 1.54) is 12.1 Å². The van der Waals surface area contributed by atoms with Crippen molar-refractivity contribution in [3.63, 3.8) is 0 Å². The predicted octanol–water partition coefficient (Wildman–Crippen LogP) is 1.20. The Labute approximate surface area is 128 Å². The van der Waals surface area contributed by atoms with Crippen LogP contribution >= 0.6 is 11.8 Å². The van der Waals surface area contributed by atoms with Crippen LogP contribution in [-0.2, 0) is 10.5 Å². The minimum absolute atomic E-state index is 0.158. The van der Waals surface area contributed by atoms with Crippen molar-refractivity contribution in [3.8, 4) is 0 Å². The van der Waals surface area contributed by atoms with Crippen LogP contribution in [0.25, 0.3) is 0 Å². The number of carbonyl (C=O) groups excluding carboxylic acids is 1. The lowest BCUT2D eigenvalue weighted by Crippen LogP contribution is -2.49. The van der Waals surface area contributed by atoms with Crippen molar-refractivity contribution in [1.29, 1.82) is 0 Å². The zero-order chi connectivity index (χ0) is 15.1. The highest BCUT2D eigenvalue weighted by Crippen LogP contribution is 2.14. The molecule has 0 bridgehead atoms. The molecule has 0 saturated carbocycles. The minimum Gasteiger partial charge on any atom is -0.395 e. The zero-order valence-corrected chi connectivity index (χ0v) is 12.8. The van der Waals surface area contributed by atoms with Gasteiger partial charge in [-0.25, -0.2) is 4.39 Å². The number of aliphatic hydroxyl groups excluding tert-OH is 1. The van der Waals surface area contributed by atoms with Crippen LogP contribution in [0.15, 0.2) is 24.3 Å². The number of carbonyl (C=O) groups is 1. The molecule has 116 valence electrons. The average Bonchev–Trinajstić information content (AvgIpc) is 2.50. The first-order valence-corrected chi connectivity index (χ1v) is 8.27. The smallest absolute Gasteiger partial charge is 0.232 e. The molecule has 2 rings (SSSR count). The summed E-state index contributed by atoms with van der Waals surface area (Å²) in [5, 5.41) is 8.89. The van der Waals surface area contributed by atoms with Gasteiger partial charge in [0.15, 0.2) is 0 Å². The summed E-state index contributed by atoms with van der Waals surface area (Å²) >= 11 is 1.56. The van der Waals surface area contributed by atoms with E-state index in [9.17, 15) is 9.18 Å². The maximum Gasteiger partial charge on any atom is 0.232 e. The molecule has 0 unspecified atom stereocenters. The van der Waals surface area contributed by atoms with Crippen LogP contribution in [-0.4, -0.2) is 65.9 Å². The summed E-state index contributed by atoms with van der Waals surface area (Å²) in [6.07, 6.45) is 0. The fourth-order valence-corrected chi connectivity index (χ4v) is 3.18. The van der Waals surface area contributed by atoms with E-state index in [1.54, 1.807) is 23.9 Å². The topological polar surface area (TPSA) is 43.8 Å². The van der Waals surface area contributed by atoms with Crippen LogP contribution in [0.5, 0.6) is 0 Å². The van der Waals surface area contributed by atoms with E-state index < -0.39 is 0 Å². The Hall–Kier alpha value is -1.11. The lowest BCUT2D eigenvalue weighted by Gasteiger charge is -2.34. The molecule has 0 aliphatic carbocycles. The minimum atomic E-state index is -0.236. The molecular weight excluding hydrogens is 291 g/mol. The lowest BCUT2D eigenvalue weighted by molar-refractivity contribution is -0.130. The van der Waals surface area contributed by atoms with Gasteiger partial charge in [0, 0.05) is 38.5 Å². The van der Waals surface area contributed by atoms with Crippen molar-refractivity contribution in [3.05, 3.63) is 35.6 Å². The quantitative estimate of drug-likeness (QED) is 0.857. The van der Waals surface area contributed by atoms with Gasteiger partial charge in [-0.15, -0.1) is 11.8 Å². The Morgan fingerprint density at radius 1 is 1.19 bits per heavy atom. The first-order chi connectivity index (χ1) is 10.2. The number of β-amino-alcohol motifs (C(OH)–C–C–N with tert-alkyl or cyclic N) is 1. The molecule has 1 aromatic carbocycles. The highest BCUT2D eigenvalue weighted by Gasteiger charge is 2.20. The molecular formula is C15H21FN2O2S. The third-order valence-electron chi connectivity index (χ3n) is 3.55. The van der Waals surface area contributed by atoms with Gasteiger partial charge in [0.05, 0.1) is 12.4 Å². The van der Waals surface area contributed by atoms with Gasteiger partial charge >= 0.3 is 0 Å². The summed E-state index contributed by atoms with van der Waals surface area (Å²) in [5.74, 6) is 1.10. The highest BCUT2D eigenvalue weighted by atomic mass is 32.2. The number of piperazine rings is 1. The number of hydrogen-bond donors (Lipinski definition) is 1. The third-order valence-corrected chi connectivity index (χ3v) is 4.54. The van der Waals surface area contributed by atoms with Gasteiger partial charge in [0.25, 0.3) is 0 Å². The second-order valence-corrected chi connectivity index (χ2v) is 6.05. The van der Waals surface area contributed by atoms with E-state index in [4.69, 9.17) is 5.11 Å². The van der Waals surface area contributed by atoms with E-state index in [-0.39, 0.29) is 18.3 Å². The molecule has 4 nitrogen and oxygen atoms in total. The van der Waals surface area contributed by atoms with Crippen molar-refractivity contribution in [1.82, 2.24) is 9.80 Å². The van der Waals surface area contributed by atoms with Crippen LogP contribution in [0.4, 0.5) is 4.39 Å². The largest absolute Gasteiger partial charge is 0.395 e. The summed E-state index contributed by atoms with van der Waals surface area (Å²) in [6.45, 7) is 3.97. The molecule has 21 heavy (non-hydrogen) atoms. The first-order valence-electron chi connectivity index (χ1n) is 7.12. The maximum atomic E-state index is 12.8. The van der Waals surface area contributed by atoms with Crippen molar-refractivity contribution in [2.75, 3.05) is 45.1 Å². The van der Waals surface area contributed by atoms with Crippen LogP contribution in [0, 0.1) is 5.82 Å². The maximum absolute atomic E-state index is 12.8. The number of amides is 1. The average molecular weight is 312 g/mol. The molecule has 1 N–H and O–H groups in total. The number of hydrogen-bond acceptors (Lipinski definition) is 4. The van der Waals surface area contributed by atoms with Crippen molar-refractivity contribution in [2.45, 2.75) is 5.75 Å². The molecule has 0 radical (unpaired) electrons. The van der Waals surface area contributed by atoms with Gasteiger partial charge in [0.2, 0.25) is 5.91 Å². The Kier molecular flexibility index (Phi) is 6.48. The number of benzene rings is 1. The van der Waals surface area contributed by atoms with Crippen LogP contribution in [0.2, 0.25) is 0 Å². The van der Waals surface area contributed by atoms with Gasteiger partial charge in [0.1, 0.15) is 5.82 Å². The summed E-state index contributed by atoms with van der Waals surface area (Å²) in [7, 11) is 0. The first kappa shape index (κ1) is 16.3. The van der Waals surface area contributed by atoms with Gasteiger partial charge in [-0.3, -0.25) is 9.69 Å². The molecule has 0 aromatic heterocycles.